The number of methoxy groups -OCH3 is 1. The number of piperidine rings is 1. The van der Waals surface area contributed by atoms with E-state index in [9.17, 15) is 0 Å². The van der Waals surface area contributed by atoms with Crippen molar-refractivity contribution in [1.29, 1.82) is 0 Å². The van der Waals surface area contributed by atoms with Gasteiger partial charge in [-0.1, -0.05) is 24.4 Å². The summed E-state index contributed by atoms with van der Waals surface area (Å²) >= 11 is 0. The van der Waals surface area contributed by atoms with E-state index in [1.54, 1.807) is 7.11 Å². The van der Waals surface area contributed by atoms with Gasteiger partial charge in [0, 0.05) is 13.7 Å². The predicted molar refractivity (Wildman–Crippen MR) is 70.9 cm³/mol. The van der Waals surface area contributed by atoms with Gasteiger partial charge in [0.1, 0.15) is 5.60 Å². The van der Waals surface area contributed by atoms with Crippen LogP contribution >= 0.6 is 0 Å². The van der Waals surface area contributed by atoms with Crippen molar-refractivity contribution in [3.8, 4) is 0 Å². The zero-order valence-electron chi connectivity index (χ0n) is 11.7. The molecule has 2 fully saturated rings. The quantitative estimate of drug-likeness (QED) is 0.909. The summed E-state index contributed by atoms with van der Waals surface area (Å²) in [7, 11) is 1.77. The summed E-state index contributed by atoms with van der Waals surface area (Å²) in [4.78, 5) is 4.66. The van der Waals surface area contributed by atoms with Gasteiger partial charge in [-0.25, -0.2) is 0 Å². The topological polar surface area (TPSA) is 60.2 Å². The molecule has 19 heavy (non-hydrogen) atoms. The molecule has 0 radical (unpaired) electrons. The van der Waals surface area contributed by atoms with E-state index in [2.05, 4.69) is 15.5 Å². The minimum absolute atomic E-state index is 0.303. The van der Waals surface area contributed by atoms with E-state index in [-0.39, 0.29) is 5.60 Å². The normalized spacial score (nSPS) is 27.3. The number of aromatic nitrogens is 2. The van der Waals surface area contributed by atoms with Crippen molar-refractivity contribution in [3.63, 3.8) is 0 Å². The molecule has 1 saturated heterocycles. The van der Waals surface area contributed by atoms with Gasteiger partial charge in [0.05, 0.1) is 5.92 Å². The molecule has 0 amide bonds. The summed E-state index contributed by atoms with van der Waals surface area (Å²) in [6.07, 6.45) is 7.97. The Labute approximate surface area is 114 Å². The summed E-state index contributed by atoms with van der Waals surface area (Å²) in [5, 5.41) is 7.61. The monoisotopic (exact) mass is 265 g/mol. The van der Waals surface area contributed by atoms with Crippen LogP contribution in [0.2, 0.25) is 0 Å². The third-order valence-electron chi connectivity index (χ3n) is 4.55. The van der Waals surface area contributed by atoms with Crippen molar-refractivity contribution in [1.82, 2.24) is 15.5 Å². The second-order valence-corrected chi connectivity index (χ2v) is 5.76. The summed E-state index contributed by atoms with van der Waals surface area (Å²) < 4.78 is 11.3. The summed E-state index contributed by atoms with van der Waals surface area (Å²) in [6, 6.07) is 0. The summed E-state index contributed by atoms with van der Waals surface area (Å²) in [6.45, 7) is 2.04. The summed E-state index contributed by atoms with van der Waals surface area (Å²) in [5.74, 6) is 1.91. The number of hydrogen-bond acceptors (Lipinski definition) is 5. The fourth-order valence-electron chi connectivity index (χ4n) is 3.29. The molecule has 5 heteroatoms. The van der Waals surface area contributed by atoms with E-state index >= 15 is 0 Å². The molecule has 1 aromatic rings. The average Bonchev–Trinajstić information content (AvgIpc) is 2.99. The van der Waals surface area contributed by atoms with Crippen LogP contribution in [-0.2, 0) is 10.3 Å². The molecule has 0 aromatic carbocycles. The van der Waals surface area contributed by atoms with Crippen molar-refractivity contribution >= 4 is 0 Å². The molecule has 1 aliphatic heterocycles. The molecular formula is C14H23N3O2. The first-order chi connectivity index (χ1) is 9.34. The van der Waals surface area contributed by atoms with Crippen molar-refractivity contribution in [2.45, 2.75) is 56.5 Å². The standard InChI is InChI=1S/C14H23N3O2/c1-18-14(7-3-2-4-8-14)13-16-12(19-17-13)11-6-5-9-15-10-11/h11,15H,2-10H2,1H3. The average molecular weight is 265 g/mol. The van der Waals surface area contributed by atoms with Crippen LogP contribution in [0.1, 0.15) is 62.6 Å². The smallest absolute Gasteiger partial charge is 0.231 e. The minimum Gasteiger partial charge on any atom is -0.370 e. The fraction of sp³-hybridized carbons (Fsp3) is 0.857. The molecule has 1 atom stereocenters. The Morgan fingerprint density at radius 2 is 2.11 bits per heavy atom. The van der Waals surface area contributed by atoms with Gasteiger partial charge in [-0.15, -0.1) is 0 Å². The Morgan fingerprint density at radius 1 is 1.26 bits per heavy atom. The van der Waals surface area contributed by atoms with Crippen LogP contribution in [0, 0.1) is 0 Å². The van der Waals surface area contributed by atoms with Crippen molar-refractivity contribution in [2.24, 2.45) is 0 Å². The summed E-state index contributed by atoms with van der Waals surface area (Å²) in [5.41, 5.74) is -0.303. The van der Waals surface area contributed by atoms with Crippen molar-refractivity contribution < 1.29 is 9.26 Å². The lowest BCUT2D eigenvalue weighted by molar-refractivity contribution is -0.0527. The van der Waals surface area contributed by atoms with Crippen molar-refractivity contribution in [3.05, 3.63) is 11.7 Å². The first kappa shape index (κ1) is 13.1. The lowest BCUT2D eigenvalue weighted by atomic mass is 9.84. The molecule has 2 heterocycles. The van der Waals surface area contributed by atoms with Gasteiger partial charge in [0.2, 0.25) is 11.7 Å². The number of hydrogen-bond donors (Lipinski definition) is 1. The maximum atomic E-state index is 5.76. The maximum absolute atomic E-state index is 5.76. The van der Waals surface area contributed by atoms with Gasteiger partial charge in [-0.05, 0) is 32.2 Å². The van der Waals surface area contributed by atoms with E-state index < -0.39 is 0 Å². The van der Waals surface area contributed by atoms with E-state index in [0.717, 1.165) is 44.1 Å². The third kappa shape index (κ3) is 2.54. The van der Waals surface area contributed by atoms with Crippen LogP contribution in [0.15, 0.2) is 4.52 Å². The molecule has 5 nitrogen and oxygen atoms in total. The second-order valence-electron chi connectivity index (χ2n) is 5.76. The first-order valence-electron chi connectivity index (χ1n) is 7.44. The van der Waals surface area contributed by atoms with Crippen LogP contribution < -0.4 is 5.32 Å². The van der Waals surface area contributed by atoms with Crippen LogP contribution in [0.3, 0.4) is 0 Å². The maximum Gasteiger partial charge on any atom is 0.231 e. The van der Waals surface area contributed by atoms with E-state index in [0.29, 0.717) is 5.92 Å². The molecule has 0 spiro atoms. The highest BCUT2D eigenvalue weighted by molar-refractivity contribution is 5.06. The van der Waals surface area contributed by atoms with Crippen molar-refractivity contribution in [2.75, 3.05) is 20.2 Å². The van der Waals surface area contributed by atoms with Crippen LogP contribution in [-0.4, -0.2) is 30.3 Å². The molecule has 2 aliphatic rings. The van der Waals surface area contributed by atoms with E-state index in [1.165, 1.54) is 25.7 Å². The van der Waals surface area contributed by atoms with Gasteiger partial charge in [0.15, 0.2) is 0 Å². The van der Waals surface area contributed by atoms with Gasteiger partial charge < -0.3 is 14.6 Å². The highest BCUT2D eigenvalue weighted by Gasteiger charge is 2.39. The zero-order valence-corrected chi connectivity index (χ0v) is 11.7. The molecule has 3 rings (SSSR count). The number of rotatable bonds is 3. The van der Waals surface area contributed by atoms with E-state index in [4.69, 9.17) is 9.26 Å². The number of nitrogens with one attached hydrogen (secondary N) is 1. The molecule has 1 N–H and O–H groups in total. The van der Waals surface area contributed by atoms with Crippen LogP contribution in [0.5, 0.6) is 0 Å². The lowest BCUT2D eigenvalue weighted by Gasteiger charge is -2.32. The SMILES string of the molecule is COC1(c2noc(C3CCCNC3)n2)CCCCC1. The Hall–Kier alpha value is -0.940. The van der Waals surface area contributed by atoms with E-state index in [1.807, 2.05) is 0 Å². The minimum atomic E-state index is -0.303. The zero-order chi connectivity index (χ0) is 13.1. The third-order valence-corrected chi connectivity index (χ3v) is 4.55. The largest absolute Gasteiger partial charge is 0.370 e. The van der Waals surface area contributed by atoms with Gasteiger partial charge in [-0.2, -0.15) is 4.98 Å². The first-order valence-corrected chi connectivity index (χ1v) is 7.44. The highest BCUT2D eigenvalue weighted by atomic mass is 16.5. The lowest BCUT2D eigenvalue weighted by Crippen LogP contribution is -2.32. The second kappa shape index (κ2) is 5.59. The fourth-order valence-corrected chi connectivity index (χ4v) is 3.29. The predicted octanol–water partition coefficient (Wildman–Crippen LogP) is 2.34. The number of nitrogens with zero attached hydrogens (tertiary/aromatic N) is 2. The molecule has 1 unspecified atom stereocenters. The van der Waals surface area contributed by atoms with Crippen LogP contribution in [0.25, 0.3) is 0 Å². The van der Waals surface area contributed by atoms with Gasteiger partial charge in [-0.3, -0.25) is 0 Å². The molecule has 0 bridgehead atoms. The Bertz CT molecular complexity index is 407. The molecule has 1 aliphatic carbocycles. The molecular weight excluding hydrogens is 242 g/mol. The highest BCUT2D eigenvalue weighted by Crippen LogP contribution is 2.39. The van der Waals surface area contributed by atoms with Gasteiger partial charge >= 0.3 is 0 Å². The molecule has 1 saturated carbocycles. The van der Waals surface area contributed by atoms with Crippen LogP contribution in [0.4, 0.5) is 0 Å². The van der Waals surface area contributed by atoms with Gasteiger partial charge in [0.25, 0.3) is 0 Å². The Kier molecular flexibility index (Phi) is 3.84. The molecule has 106 valence electrons. The Balaban J connectivity index is 1.79. The molecule has 1 aromatic heterocycles. The Morgan fingerprint density at radius 3 is 2.79 bits per heavy atom. The number of ether oxygens (including phenoxy) is 1.